The molecule has 3 rings (SSSR count). The normalized spacial score (nSPS) is 10.9. The van der Waals surface area contributed by atoms with Crippen molar-refractivity contribution in [1.82, 2.24) is 20.0 Å². The third-order valence-corrected chi connectivity index (χ3v) is 3.24. The molecule has 0 aliphatic heterocycles. The van der Waals surface area contributed by atoms with Crippen LogP contribution in [0.4, 0.5) is 0 Å². The van der Waals surface area contributed by atoms with Crippen LogP contribution in [0.5, 0.6) is 0 Å². The molecule has 2 aromatic heterocycles. The maximum absolute atomic E-state index is 6.11. The summed E-state index contributed by atoms with van der Waals surface area (Å²) >= 11 is 12.0. The summed E-state index contributed by atoms with van der Waals surface area (Å²) in [6.07, 6.45) is 3.67. The van der Waals surface area contributed by atoms with E-state index in [-0.39, 0.29) is 0 Å². The summed E-state index contributed by atoms with van der Waals surface area (Å²) in [4.78, 5) is 0. The Morgan fingerprint density at radius 2 is 2.10 bits per heavy atom. The van der Waals surface area contributed by atoms with E-state index in [2.05, 4.69) is 15.3 Å². The Bertz CT molecular complexity index is 750. The molecule has 0 atom stereocenters. The van der Waals surface area contributed by atoms with E-state index in [1.165, 1.54) is 0 Å². The summed E-state index contributed by atoms with van der Waals surface area (Å²) in [6.45, 7) is 2.39. The SMILES string of the molecule is Cc1cnn(Cc2nnc(-c3ccc(Cl)cc3Cl)o2)c1. The third kappa shape index (κ3) is 2.69. The lowest BCUT2D eigenvalue weighted by Crippen LogP contribution is -1.99. The minimum absolute atomic E-state index is 0.366. The number of benzene rings is 1. The van der Waals surface area contributed by atoms with E-state index in [1.807, 2.05) is 13.1 Å². The van der Waals surface area contributed by atoms with Crippen LogP contribution in [0.15, 0.2) is 35.0 Å². The molecule has 0 saturated carbocycles. The Hall–Kier alpha value is -1.85. The van der Waals surface area contributed by atoms with E-state index in [1.54, 1.807) is 29.1 Å². The van der Waals surface area contributed by atoms with Gasteiger partial charge in [0, 0.05) is 11.2 Å². The summed E-state index contributed by atoms with van der Waals surface area (Å²) < 4.78 is 7.33. The minimum atomic E-state index is 0.366. The van der Waals surface area contributed by atoms with Gasteiger partial charge < -0.3 is 4.42 Å². The molecule has 0 radical (unpaired) electrons. The highest BCUT2D eigenvalue weighted by atomic mass is 35.5. The van der Waals surface area contributed by atoms with Crippen molar-refractivity contribution in [3.8, 4) is 11.5 Å². The molecule has 7 heteroatoms. The largest absolute Gasteiger partial charge is 0.419 e. The second-order valence-electron chi connectivity index (χ2n) is 4.34. The van der Waals surface area contributed by atoms with Gasteiger partial charge in [-0.05, 0) is 30.7 Å². The van der Waals surface area contributed by atoms with Crippen LogP contribution in [-0.4, -0.2) is 20.0 Å². The smallest absolute Gasteiger partial charge is 0.249 e. The van der Waals surface area contributed by atoms with Gasteiger partial charge in [-0.3, -0.25) is 4.68 Å². The second-order valence-corrected chi connectivity index (χ2v) is 5.18. The van der Waals surface area contributed by atoms with Crippen molar-refractivity contribution in [3.05, 3.63) is 52.1 Å². The predicted molar refractivity (Wildman–Crippen MR) is 75.8 cm³/mol. The van der Waals surface area contributed by atoms with Gasteiger partial charge in [0.05, 0.1) is 16.8 Å². The number of hydrogen-bond donors (Lipinski definition) is 0. The molecular formula is C13H10Cl2N4O. The van der Waals surface area contributed by atoms with Crippen LogP contribution in [0.25, 0.3) is 11.5 Å². The first-order valence-corrected chi connectivity index (χ1v) is 6.64. The number of rotatable bonds is 3. The molecule has 0 amide bonds. The molecule has 0 aliphatic rings. The fraction of sp³-hybridized carbons (Fsp3) is 0.154. The monoisotopic (exact) mass is 308 g/mol. The average molecular weight is 309 g/mol. The lowest BCUT2D eigenvalue weighted by Gasteiger charge is -1.99. The number of aryl methyl sites for hydroxylation is 1. The molecule has 0 N–H and O–H groups in total. The Morgan fingerprint density at radius 1 is 1.25 bits per heavy atom. The molecule has 1 aromatic carbocycles. The fourth-order valence-corrected chi connectivity index (χ4v) is 2.27. The van der Waals surface area contributed by atoms with Crippen LogP contribution in [-0.2, 0) is 6.54 Å². The van der Waals surface area contributed by atoms with Crippen LogP contribution in [0, 0.1) is 6.92 Å². The first kappa shape index (κ1) is 13.1. The number of aromatic nitrogens is 4. The Balaban J connectivity index is 1.86. The van der Waals surface area contributed by atoms with E-state index in [0.717, 1.165) is 5.56 Å². The molecule has 3 aromatic rings. The number of nitrogens with zero attached hydrogens (tertiary/aromatic N) is 4. The molecular weight excluding hydrogens is 299 g/mol. The van der Waals surface area contributed by atoms with E-state index in [9.17, 15) is 0 Å². The van der Waals surface area contributed by atoms with Gasteiger partial charge >= 0.3 is 0 Å². The molecule has 20 heavy (non-hydrogen) atoms. The topological polar surface area (TPSA) is 56.7 Å². The molecule has 0 saturated heterocycles. The molecule has 0 unspecified atom stereocenters. The van der Waals surface area contributed by atoms with Gasteiger partial charge in [-0.25, -0.2) is 0 Å². The Labute approximate surface area is 125 Å². The lowest BCUT2D eigenvalue weighted by atomic mass is 10.2. The van der Waals surface area contributed by atoms with E-state index in [4.69, 9.17) is 27.6 Å². The van der Waals surface area contributed by atoms with Crippen LogP contribution < -0.4 is 0 Å². The highest BCUT2D eigenvalue weighted by Gasteiger charge is 2.12. The minimum Gasteiger partial charge on any atom is -0.419 e. The van der Waals surface area contributed by atoms with Crippen LogP contribution in [0.1, 0.15) is 11.5 Å². The maximum atomic E-state index is 6.11. The second kappa shape index (κ2) is 5.26. The maximum Gasteiger partial charge on any atom is 0.249 e. The zero-order valence-corrected chi connectivity index (χ0v) is 12.1. The molecule has 0 fully saturated rings. The van der Waals surface area contributed by atoms with Crippen molar-refractivity contribution in [2.75, 3.05) is 0 Å². The molecule has 102 valence electrons. The van der Waals surface area contributed by atoms with Crippen molar-refractivity contribution >= 4 is 23.2 Å². The van der Waals surface area contributed by atoms with Gasteiger partial charge in [0.2, 0.25) is 11.8 Å². The summed E-state index contributed by atoms with van der Waals surface area (Å²) in [6, 6.07) is 5.11. The summed E-state index contributed by atoms with van der Waals surface area (Å²) in [5.41, 5.74) is 1.73. The molecule has 0 spiro atoms. The van der Waals surface area contributed by atoms with Gasteiger partial charge in [-0.2, -0.15) is 5.10 Å². The number of halogens is 2. The summed E-state index contributed by atoms with van der Waals surface area (Å²) in [7, 11) is 0. The van der Waals surface area contributed by atoms with Crippen LogP contribution in [0.3, 0.4) is 0 Å². The zero-order valence-electron chi connectivity index (χ0n) is 10.5. The third-order valence-electron chi connectivity index (χ3n) is 2.69. The first-order chi connectivity index (χ1) is 9.61. The van der Waals surface area contributed by atoms with E-state index >= 15 is 0 Å². The van der Waals surface area contributed by atoms with Crippen molar-refractivity contribution in [3.63, 3.8) is 0 Å². The van der Waals surface area contributed by atoms with Gasteiger partial charge in [-0.1, -0.05) is 23.2 Å². The molecule has 2 heterocycles. The standard InChI is InChI=1S/C13H10Cl2N4O/c1-8-5-16-19(6-8)7-12-17-18-13(20-12)10-3-2-9(14)4-11(10)15/h2-6H,7H2,1H3. The molecule has 0 aliphatic carbocycles. The van der Waals surface area contributed by atoms with E-state index < -0.39 is 0 Å². The van der Waals surface area contributed by atoms with Gasteiger partial charge in [-0.15, -0.1) is 10.2 Å². The summed E-state index contributed by atoms with van der Waals surface area (Å²) in [5.74, 6) is 0.833. The first-order valence-electron chi connectivity index (χ1n) is 5.88. The van der Waals surface area contributed by atoms with Crippen LogP contribution in [0.2, 0.25) is 10.0 Å². The van der Waals surface area contributed by atoms with Crippen LogP contribution >= 0.6 is 23.2 Å². The van der Waals surface area contributed by atoms with Gasteiger partial charge in [0.25, 0.3) is 0 Å². The molecule has 0 bridgehead atoms. The Morgan fingerprint density at radius 3 is 2.80 bits per heavy atom. The van der Waals surface area contributed by atoms with E-state index in [0.29, 0.717) is 33.9 Å². The average Bonchev–Trinajstić information content (AvgIpc) is 2.99. The van der Waals surface area contributed by atoms with Gasteiger partial charge in [0.1, 0.15) is 6.54 Å². The number of hydrogen-bond acceptors (Lipinski definition) is 4. The molecule has 5 nitrogen and oxygen atoms in total. The van der Waals surface area contributed by atoms with Gasteiger partial charge in [0.15, 0.2) is 0 Å². The highest BCUT2D eigenvalue weighted by Crippen LogP contribution is 2.29. The lowest BCUT2D eigenvalue weighted by molar-refractivity contribution is 0.474. The zero-order chi connectivity index (χ0) is 14.1. The van der Waals surface area contributed by atoms with Crippen molar-refractivity contribution in [1.29, 1.82) is 0 Å². The summed E-state index contributed by atoms with van der Waals surface area (Å²) in [5, 5.41) is 13.2. The quantitative estimate of drug-likeness (QED) is 0.742. The highest BCUT2D eigenvalue weighted by molar-refractivity contribution is 6.36. The van der Waals surface area contributed by atoms with Crippen molar-refractivity contribution in [2.45, 2.75) is 13.5 Å². The fourth-order valence-electron chi connectivity index (χ4n) is 1.78. The van der Waals surface area contributed by atoms with Crippen molar-refractivity contribution in [2.24, 2.45) is 0 Å². The Kier molecular flexibility index (Phi) is 3.46. The van der Waals surface area contributed by atoms with Crippen molar-refractivity contribution < 1.29 is 4.42 Å². The predicted octanol–water partition coefficient (Wildman–Crippen LogP) is 3.60.